The highest BCUT2D eigenvalue weighted by atomic mass is 33.1. The molecule has 0 bridgehead atoms. The lowest BCUT2D eigenvalue weighted by Gasteiger charge is -2.14. The van der Waals surface area contributed by atoms with E-state index in [1.165, 1.54) is 32.0 Å². The molecule has 0 nitrogen and oxygen atoms in total. The molecule has 2 heteroatoms. The normalized spacial score (nSPS) is 17.6. The fraction of sp³-hybridized carbons (Fsp3) is 0. The maximum absolute atomic E-state index is 2.24. The van der Waals surface area contributed by atoms with Gasteiger partial charge in [0.15, 0.2) is 0 Å². The second-order valence-corrected chi connectivity index (χ2v) is 5.96. The quantitative estimate of drug-likeness (QED) is 0.608. The minimum Gasteiger partial charge on any atom is -0.0707 e. The van der Waals surface area contributed by atoms with E-state index < -0.39 is 0 Å². The van der Waals surface area contributed by atoms with Crippen LogP contribution in [-0.4, -0.2) is 0 Å². The molecule has 2 aromatic rings. The minimum atomic E-state index is 1.36. The van der Waals surface area contributed by atoms with E-state index in [0.29, 0.717) is 0 Å². The van der Waals surface area contributed by atoms with Gasteiger partial charge in [-0.25, -0.2) is 0 Å². The number of benzene rings is 2. The zero-order valence-corrected chi connectivity index (χ0v) is 9.49. The first-order chi connectivity index (χ1) is 7.43. The van der Waals surface area contributed by atoms with E-state index in [1.807, 2.05) is 21.6 Å². The zero-order valence-electron chi connectivity index (χ0n) is 7.86. The Morgan fingerprint density at radius 2 is 1.87 bits per heavy atom. The SMILES string of the molecule is C1=Cc2cccc3ccc4c(c23)[C]1SS4. The molecule has 15 heavy (non-hydrogen) atoms. The molecule has 0 saturated carbocycles. The first kappa shape index (κ1) is 8.31. The van der Waals surface area contributed by atoms with Crippen LogP contribution >= 0.6 is 21.6 Å². The van der Waals surface area contributed by atoms with E-state index >= 15 is 0 Å². The van der Waals surface area contributed by atoms with Gasteiger partial charge in [0, 0.05) is 4.90 Å². The average Bonchev–Trinajstić information content (AvgIpc) is 2.71. The lowest BCUT2D eigenvalue weighted by molar-refractivity contribution is 1.37. The van der Waals surface area contributed by atoms with Gasteiger partial charge in [-0.1, -0.05) is 58.0 Å². The van der Waals surface area contributed by atoms with Crippen LogP contribution in [-0.2, 0) is 0 Å². The van der Waals surface area contributed by atoms with Crippen LogP contribution in [0.3, 0.4) is 0 Å². The Hall–Kier alpha value is -0.860. The van der Waals surface area contributed by atoms with Crippen LogP contribution < -0.4 is 0 Å². The molecule has 2 aliphatic rings. The summed E-state index contributed by atoms with van der Waals surface area (Å²) in [6.45, 7) is 0. The van der Waals surface area contributed by atoms with Gasteiger partial charge in [0.1, 0.15) is 0 Å². The second-order valence-electron chi connectivity index (χ2n) is 3.75. The molecular weight excluding hydrogens is 220 g/mol. The molecule has 0 saturated heterocycles. The van der Waals surface area contributed by atoms with Crippen molar-refractivity contribution < 1.29 is 0 Å². The maximum atomic E-state index is 2.24. The standard InChI is InChI=1S/C13H7S2/c1-2-8-4-6-10-13-11(15-14-10)7-5-9(3-1)12(8)13/h1-7H. The van der Waals surface area contributed by atoms with E-state index in [-0.39, 0.29) is 0 Å². The Morgan fingerprint density at radius 3 is 2.87 bits per heavy atom. The third kappa shape index (κ3) is 1.01. The van der Waals surface area contributed by atoms with Crippen molar-refractivity contribution in [1.82, 2.24) is 0 Å². The van der Waals surface area contributed by atoms with Gasteiger partial charge in [0.25, 0.3) is 0 Å². The number of hydrogen-bond donors (Lipinski definition) is 0. The molecule has 0 amide bonds. The van der Waals surface area contributed by atoms with Gasteiger partial charge in [-0.3, -0.25) is 0 Å². The molecule has 0 atom stereocenters. The Kier molecular flexibility index (Phi) is 1.57. The van der Waals surface area contributed by atoms with Crippen molar-refractivity contribution in [2.75, 3.05) is 0 Å². The van der Waals surface area contributed by atoms with Crippen molar-refractivity contribution in [2.24, 2.45) is 0 Å². The minimum absolute atomic E-state index is 1.36. The van der Waals surface area contributed by atoms with Gasteiger partial charge >= 0.3 is 0 Å². The van der Waals surface area contributed by atoms with E-state index in [9.17, 15) is 0 Å². The van der Waals surface area contributed by atoms with Gasteiger partial charge in [-0.15, -0.1) is 0 Å². The summed E-state index contributed by atoms with van der Waals surface area (Å²) in [5.41, 5.74) is 2.82. The fourth-order valence-corrected chi connectivity index (χ4v) is 4.70. The van der Waals surface area contributed by atoms with E-state index in [0.717, 1.165) is 0 Å². The highest BCUT2D eigenvalue weighted by molar-refractivity contribution is 8.78. The summed E-state index contributed by atoms with van der Waals surface area (Å²) in [5.74, 6) is 0. The molecule has 0 unspecified atom stereocenters. The maximum Gasteiger partial charge on any atom is 0.0947 e. The molecule has 1 radical (unpaired) electrons. The van der Waals surface area contributed by atoms with Crippen molar-refractivity contribution >= 4 is 38.4 Å². The molecule has 0 fully saturated rings. The summed E-state index contributed by atoms with van der Waals surface area (Å²) in [6, 6.07) is 11.0. The van der Waals surface area contributed by atoms with Crippen LogP contribution in [0.15, 0.2) is 41.3 Å². The monoisotopic (exact) mass is 227 g/mol. The van der Waals surface area contributed by atoms with E-state index in [1.54, 1.807) is 0 Å². The summed E-state index contributed by atoms with van der Waals surface area (Å²) >= 11 is 0. The Morgan fingerprint density at radius 1 is 0.867 bits per heavy atom. The van der Waals surface area contributed by atoms with Crippen LogP contribution in [0.1, 0.15) is 11.1 Å². The van der Waals surface area contributed by atoms with Gasteiger partial charge < -0.3 is 0 Å². The van der Waals surface area contributed by atoms with Crippen LogP contribution in [0.5, 0.6) is 0 Å². The Bertz CT molecular complexity index is 599. The first-order valence-electron chi connectivity index (χ1n) is 4.89. The highest BCUT2D eigenvalue weighted by Crippen LogP contribution is 2.57. The summed E-state index contributed by atoms with van der Waals surface area (Å²) in [7, 11) is 3.75. The average molecular weight is 227 g/mol. The topological polar surface area (TPSA) is 0 Å². The lowest BCUT2D eigenvalue weighted by atomic mass is 9.93. The summed E-state index contributed by atoms with van der Waals surface area (Å²) in [5, 5.41) is 4.21. The van der Waals surface area contributed by atoms with Crippen molar-refractivity contribution in [2.45, 2.75) is 4.90 Å². The molecule has 1 aliphatic heterocycles. The summed E-state index contributed by atoms with van der Waals surface area (Å²) < 4.78 is 0. The lowest BCUT2D eigenvalue weighted by Crippen LogP contribution is -1.95. The predicted octanol–water partition coefficient (Wildman–Crippen LogP) is 4.50. The van der Waals surface area contributed by atoms with Crippen LogP contribution in [0.25, 0.3) is 16.8 Å². The van der Waals surface area contributed by atoms with Gasteiger partial charge in [0.05, 0.1) is 5.25 Å². The molecule has 0 spiro atoms. The summed E-state index contributed by atoms with van der Waals surface area (Å²) in [6.07, 6.45) is 4.47. The molecule has 71 valence electrons. The Labute approximate surface area is 96.2 Å². The first-order valence-corrected chi connectivity index (χ1v) is 7.04. The van der Waals surface area contributed by atoms with Crippen molar-refractivity contribution in [3.05, 3.63) is 52.8 Å². The fourth-order valence-electron chi connectivity index (χ4n) is 2.25. The van der Waals surface area contributed by atoms with Crippen LogP contribution in [0.2, 0.25) is 0 Å². The number of hydrogen-bond acceptors (Lipinski definition) is 2. The smallest absolute Gasteiger partial charge is 0.0707 e. The molecule has 0 aromatic heterocycles. The predicted molar refractivity (Wildman–Crippen MR) is 68.8 cm³/mol. The second kappa shape index (κ2) is 2.83. The van der Waals surface area contributed by atoms with Gasteiger partial charge in [0.2, 0.25) is 0 Å². The molecule has 1 aliphatic carbocycles. The Balaban J connectivity index is 2.28. The summed E-state index contributed by atoms with van der Waals surface area (Å²) in [4.78, 5) is 1.42. The van der Waals surface area contributed by atoms with Crippen molar-refractivity contribution in [3.63, 3.8) is 0 Å². The highest BCUT2D eigenvalue weighted by Gasteiger charge is 2.28. The van der Waals surface area contributed by atoms with Crippen LogP contribution in [0.4, 0.5) is 0 Å². The van der Waals surface area contributed by atoms with Crippen LogP contribution in [0, 0.1) is 5.25 Å². The third-order valence-electron chi connectivity index (χ3n) is 2.92. The van der Waals surface area contributed by atoms with Gasteiger partial charge in [-0.2, -0.15) is 0 Å². The molecule has 1 heterocycles. The third-order valence-corrected chi connectivity index (χ3v) is 5.37. The molecule has 0 N–H and O–H groups in total. The molecule has 2 aromatic carbocycles. The zero-order chi connectivity index (χ0) is 9.83. The van der Waals surface area contributed by atoms with E-state index in [2.05, 4.69) is 42.5 Å². The van der Waals surface area contributed by atoms with Crippen molar-refractivity contribution in [1.29, 1.82) is 0 Å². The van der Waals surface area contributed by atoms with E-state index in [4.69, 9.17) is 0 Å². The largest absolute Gasteiger partial charge is 0.0947 e. The molecule has 4 rings (SSSR count). The van der Waals surface area contributed by atoms with Gasteiger partial charge in [-0.05, 0) is 28.0 Å². The number of rotatable bonds is 0. The van der Waals surface area contributed by atoms with Crippen molar-refractivity contribution in [3.8, 4) is 0 Å². The molecular formula is C13H7S2.